The van der Waals surface area contributed by atoms with Crippen LogP contribution in [0.4, 0.5) is 13.2 Å². The summed E-state index contributed by atoms with van der Waals surface area (Å²) >= 11 is 0. The molecule has 0 heterocycles. The molecule has 0 aromatic heterocycles. The lowest BCUT2D eigenvalue weighted by Gasteiger charge is -2.20. The highest BCUT2D eigenvalue weighted by molar-refractivity contribution is 5.84. The first-order chi connectivity index (χ1) is 6.05. The number of carbonyl (C=O) groups excluding carboxylic acids is 1. The van der Waals surface area contributed by atoms with Gasteiger partial charge in [0.25, 0.3) is 0 Å². The summed E-state index contributed by atoms with van der Waals surface area (Å²) in [6, 6.07) is 0. The highest BCUT2D eigenvalue weighted by atomic mass is 19.4. The van der Waals surface area contributed by atoms with Crippen molar-refractivity contribution in [1.82, 2.24) is 0 Å². The molecule has 0 amide bonds. The molecule has 14 heavy (non-hydrogen) atoms. The van der Waals surface area contributed by atoms with Crippen molar-refractivity contribution in [2.45, 2.75) is 40.0 Å². The monoisotopic (exact) mass is 212 g/mol. The quantitative estimate of drug-likeness (QED) is 0.718. The van der Waals surface area contributed by atoms with Crippen molar-refractivity contribution in [1.29, 1.82) is 0 Å². The van der Waals surface area contributed by atoms with Crippen LogP contribution >= 0.6 is 0 Å². The van der Waals surface area contributed by atoms with E-state index < -0.39 is 24.3 Å². The number of rotatable bonds is 3. The second-order valence-corrected chi connectivity index (χ2v) is 4.17. The van der Waals surface area contributed by atoms with Gasteiger partial charge >= 0.3 is 6.18 Å². The van der Waals surface area contributed by atoms with Gasteiger partial charge in [-0.15, -0.1) is 0 Å². The topological polar surface area (TPSA) is 26.3 Å². The largest absolute Gasteiger partial charge is 0.414 e. The third-order valence-electron chi connectivity index (χ3n) is 1.76. The number of halogens is 3. The van der Waals surface area contributed by atoms with E-state index in [9.17, 15) is 18.0 Å². The number of Topliss-reactive ketones (excluding diaryl/α,β-unsaturated/α-hetero) is 1. The molecule has 0 aliphatic carbocycles. The lowest BCUT2D eigenvalue weighted by Crippen LogP contribution is -2.33. The van der Waals surface area contributed by atoms with E-state index in [0.29, 0.717) is 0 Å². The molecule has 0 rings (SSSR count). The molecule has 1 unspecified atom stereocenters. The van der Waals surface area contributed by atoms with Crippen LogP contribution in [0.3, 0.4) is 0 Å². The van der Waals surface area contributed by atoms with E-state index in [1.807, 2.05) is 0 Å². The molecule has 2 nitrogen and oxygen atoms in total. The fourth-order valence-corrected chi connectivity index (χ4v) is 0.512. The van der Waals surface area contributed by atoms with Gasteiger partial charge in [0, 0.05) is 5.41 Å². The molecule has 0 saturated heterocycles. The molecule has 0 N–H and O–H groups in total. The van der Waals surface area contributed by atoms with Gasteiger partial charge in [-0.05, 0) is 6.92 Å². The predicted octanol–water partition coefficient (Wildman–Crippen LogP) is 2.57. The Balaban J connectivity index is 4.03. The highest BCUT2D eigenvalue weighted by Crippen LogP contribution is 2.23. The number of ether oxygens (including phenoxy) is 1. The Labute approximate surface area is 81.4 Å². The van der Waals surface area contributed by atoms with E-state index in [1.165, 1.54) is 0 Å². The number of hydrogen-bond acceptors (Lipinski definition) is 2. The zero-order valence-electron chi connectivity index (χ0n) is 8.73. The van der Waals surface area contributed by atoms with Gasteiger partial charge in [0.15, 0.2) is 11.9 Å². The van der Waals surface area contributed by atoms with Crippen molar-refractivity contribution in [3.8, 4) is 0 Å². The van der Waals surface area contributed by atoms with Crippen LogP contribution in [-0.2, 0) is 9.53 Å². The number of hydrogen-bond donors (Lipinski definition) is 0. The minimum atomic E-state index is -4.40. The van der Waals surface area contributed by atoms with Gasteiger partial charge in [-0.25, -0.2) is 0 Å². The van der Waals surface area contributed by atoms with Crippen LogP contribution in [0.5, 0.6) is 0 Å². The van der Waals surface area contributed by atoms with Crippen molar-refractivity contribution in [3.63, 3.8) is 0 Å². The molecular weight excluding hydrogens is 197 g/mol. The SMILES string of the molecule is CC(OCC(=O)C(C)(C)C)C(F)(F)F. The summed E-state index contributed by atoms with van der Waals surface area (Å²) in [5.74, 6) is -0.339. The van der Waals surface area contributed by atoms with Gasteiger partial charge in [0.05, 0.1) is 0 Å². The van der Waals surface area contributed by atoms with Gasteiger partial charge in [0.2, 0.25) is 0 Å². The summed E-state index contributed by atoms with van der Waals surface area (Å²) in [7, 11) is 0. The van der Waals surface area contributed by atoms with E-state index in [1.54, 1.807) is 20.8 Å². The van der Waals surface area contributed by atoms with Gasteiger partial charge in [0.1, 0.15) is 6.61 Å². The van der Waals surface area contributed by atoms with Crippen LogP contribution in [0.25, 0.3) is 0 Å². The van der Waals surface area contributed by atoms with Crippen LogP contribution in [-0.4, -0.2) is 24.7 Å². The molecule has 0 bridgehead atoms. The van der Waals surface area contributed by atoms with Gasteiger partial charge in [-0.1, -0.05) is 20.8 Å². The summed E-state index contributed by atoms with van der Waals surface area (Å²) < 4.78 is 40.3. The molecule has 0 aromatic carbocycles. The minimum absolute atomic E-state index is 0.339. The van der Waals surface area contributed by atoms with Crippen molar-refractivity contribution in [2.75, 3.05) is 6.61 Å². The Morgan fingerprint density at radius 3 is 2.00 bits per heavy atom. The van der Waals surface area contributed by atoms with Crippen molar-refractivity contribution >= 4 is 5.78 Å². The molecule has 0 saturated carbocycles. The first kappa shape index (κ1) is 13.4. The third kappa shape index (κ3) is 4.60. The molecule has 0 aromatic rings. The average Bonchev–Trinajstić information content (AvgIpc) is 1.95. The zero-order chi connectivity index (χ0) is 11.6. The Kier molecular flexibility index (Phi) is 4.12. The predicted molar refractivity (Wildman–Crippen MR) is 45.9 cm³/mol. The lowest BCUT2D eigenvalue weighted by atomic mass is 9.91. The van der Waals surface area contributed by atoms with Crippen molar-refractivity contribution < 1.29 is 22.7 Å². The fraction of sp³-hybridized carbons (Fsp3) is 0.889. The number of ketones is 1. The number of carbonyl (C=O) groups is 1. The minimum Gasteiger partial charge on any atom is -0.361 e. The van der Waals surface area contributed by atoms with E-state index in [0.717, 1.165) is 6.92 Å². The van der Waals surface area contributed by atoms with Crippen LogP contribution < -0.4 is 0 Å². The summed E-state index contributed by atoms with van der Waals surface area (Å²) in [5.41, 5.74) is -0.661. The second-order valence-electron chi connectivity index (χ2n) is 4.17. The van der Waals surface area contributed by atoms with Gasteiger partial charge in [-0.3, -0.25) is 4.79 Å². The van der Waals surface area contributed by atoms with Gasteiger partial charge in [-0.2, -0.15) is 13.2 Å². The normalized spacial score (nSPS) is 15.4. The van der Waals surface area contributed by atoms with Crippen LogP contribution in [0, 0.1) is 5.41 Å². The van der Waals surface area contributed by atoms with Crippen molar-refractivity contribution in [2.24, 2.45) is 5.41 Å². The zero-order valence-corrected chi connectivity index (χ0v) is 8.73. The molecule has 0 aliphatic heterocycles. The maximum atomic E-state index is 12.0. The van der Waals surface area contributed by atoms with E-state index in [2.05, 4.69) is 4.74 Å². The van der Waals surface area contributed by atoms with Crippen molar-refractivity contribution in [3.05, 3.63) is 0 Å². The maximum absolute atomic E-state index is 12.0. The fourth-order valence-electron chi connectivity index (χ4n) is 0.512. The Morgan fingerprint density at radius 1 is 1.29 bits per heavy atom. The molecule has 5 heteroatoms. The summed E-state index contributed by atoms with van der Waals surface area (Å²) in [6.45, 7) is 5.30. The summed E-state index contributed by atoms with van der Waals surface area (Å²) in [6.07, 6.45) is -6.30. The Bertz CT molecular complexity index is 203. The van der Waals surface area contributed by atoms with Crippen LogP contribution in [0.15, 0.2) is 0 Å². The summed E-state index contributed by atoms with van der Waals surface area (Å²) in [5, 5.41) is 0. The smallest absolute Gasteiger partial charge is 0.361 e. The standard InChI is InChI=1S/C9H15F3O2/c1-6(9(10,11)12)14-5-7(13)8(2,3)4/h6H,5H2,1-4H3. The molecule has 0 spiro atoms. The first-order valence-electron chi connectivity index (χ1n) is 4.27. The number of alkyl halides is 3. The Morgan fingerprint density at radius 2 is 1.71 bits per heavy atom. The van der Waals surface area contributed by atoms with Crippen LogP contribution in [0.1, 0.15) is 27.7 Å². The molecule has 0 radical (unpaired) electrons. The second kappa shape index (κ2) is 4.29. The molecular formula is C9H15F3O2. The van der Waals surface area contributed by atoms with Gasteiger partial charge < -0.3 is 4.74 Å². The molecule has 0 aliphatic rings. The third-order valence-corrected chi connectivity index (χ3v) is 1.76. The molecule has 84 valence electrons. The average molecular weight is 212 g/mol. The lowest BCUT2D eigenvalue weighted by molar-refractivity contribution is -0.214. The van der Waals surface area contributed by atoms with Crippen LogP contribution in [0.2, 0.25) is 0 Å². The molecule has 1 atom stereocenters. The Hall–Kier alpha value is -0.580. The molecule has 0 fully saturated rings. The van der Waals surface area contributed by atoms with E-state index in [4.69, 9.17) is 0 Å². The highest BCUT2D eigenvalue weighted by Gasteiger charge is 2.37. The first-order valence-corrected chi connectivity index (χ1v) is 4.27. The maximum Gasteiger partial charge on any atom is 0.414 e. The summed E-state index contributed by atoms with van der Waals surface area (Å²) in [4.78, 5) is 11.2. The van der Waals surface area contributed by atoms with E-state index in [-0.39, 0.29) is 5.78 Å². The van der Waals surface area contributed by atoms with E-state index >= 15 is 0 Å².